The first kappa shape index (κ1) is 16.9. The SMILES string of the molecule is CCCS(=O)(=O)OCC1CCCN1S(=O)(=O)CCC. The van der Waals surface area contributed by atoms with Crippen LogP contribution in [0.5, 0.6) is 0 Å². The standard InChI is InChI=1S/C11H23NO5S2/c1-3-8-18(13,14)12-7-5-6-11(12)10-17-19(15,16)9-4-2/h11H,3-10H2,1-2H3. The summed E-state index contributed by atoms with van der Waals surface area (Å²) in [7, 11) is -6.80. The van der Waals surface area contributed by atoms with Crippen LogP contribution in [-0.2, 0) is 24.3 Å². The molecule has 1 unspecified atom stereocenters. The highest BCUT2D eigenvalue weighted by molar-refractivity contribution is 7.89. The molecule has 1 heterocycles. The van der Waals surface area contributed by atoms with Gasteiger partial charge < -0.3 is 0 Å². The van der Waals surface area contributed by atoms with Crippen LogP contribution in [0.4, 0.5) is 0 Å². The van der Waals surface area contributed by atoms with E-state index in [0.29, 0.717) is 25.8 Å². The molecular formula is C11H23NO5S2. The van der Waals surface area contributed by atoms with Gasteiger partial charge in [-0.1, -0.05) is 13.8 Å². The highest BCUT2D eigenvalue weighted by atomic mass is 32.2. The maximum absolute atomic E-state index is 12.0. The molecule has 0 aliphatic carbocycles. The molecule has 0 bridgehead atoms. The number of nitrogens with zero attached hydrogens (tertiary/aromatic N) is 1. The first-order valence-corrected chi connectivity index (χ1v) is 9.87. The Morgan fingerprint density at radius 1 is 1.11 bits per heavy atom. The van der Waals surface area contributed by atoms with E-state index in [-0.39, 0.29) is 24.2 Å². The monoisotopic (exact) mass is 313 g/mol. The minimum atomic E-state index is -3.52. The summed E-state index contributed by atoms with van der Waals surface area (Å²) in [6, 6.07) is -0.344. The van der Waals surface area contributed by atoms with Crippen LogP contribution in [0.15, 0.2) is 0 Å². The van der Waals surface area contributed by atoms with E-state index in [9.17, 15) is 16.8 Å². The molecule has 0 aromatic carbocycles. The smallest absolute Gasteiger partial charge is 0.267 e. The Hall–Kier alpha value is -0.180. The van der Waals surface area contributed by atoms with Gasteiger partial charge in [0.25, 0.3) is 10.1 Å². The van der Waals surface area contributed by atoms with Crippen molar-refractivity contribution in [1.29, 1.82) is 0 Å². The summed E-state index contributed by atoms with van der Waals surface area (Å²) in [6.07, 6.45) is 2.46. The van der Waals surface area contributed by atoms with Gasteiger partial charge in [-0.15, -0.1) is 0 Å². The molecule has 0 aromatic rings. The van der Waals surface area contributed by atoms with E-state index in [1.165, 1.54) is 4.31 Å². The normalized spacial score (nSPS) is 21.9. The van der Waals surface area contributed by atoms with Gasteiger partial charge in [0, 0.05) is 12.6 Å². The highest BCUT2D eigenvalue weighted by Gasteiger charge is 2.34. The van der Waals surface area contributed by atoms with Crippen molar-refractivity contribution < 1.29 is 21.0 Å². The molecule has 19 heavy (non-hydrogen) atoms. The number of sulfonamides is 1. The van der Waals surface area contributed by atoms with Gasteiger partial charge in [0.15, 0.2) is 0 Å². The quantitative estimate of drug-likeness (QED) is 0.623. The van der Waals surface area contributed by atoms with E-state index >= 15 is 0 Å². The van der Waals surface area contributed by atoms with Crippen LogP contribution in [-0.4, -0.2) is 51.8 Å². The summed E-state index contributed by atoms with van der Waals surface area (Å²) in [4.78, 5) is 0. The largest absolute Gasteiger partial charge is 0.268 e. The lowest BCUT2D eigenvalue weighted by Crippen LogP contribution is -2.40. The highest BCUT2D eigenvalue weighted by Crippen LogP contribution is 2.22. The lowest BCUT2D eigenvalue weighted by Gasteiger charge is -2.23. The van der Waals surface area contributed by atoms with Crippen molar-refractivity contribution in [3.8, 4) is 0 Å². The maximum Gasteiger partial charge on any atom is 0.267 e. The van der Waals surface area contributed by atoms with E-state index in [4.69, 9.17) is 4.18 Å². The molecule has 8 heteroatoms. The fraction of sp³-hybridized carbons (Fsp3) is 1.00. The van der Waals surface area contributed by atoms with E-state index in [1.807, 2.05) is 6.92 Å². The molecular weight excluding hydrogens is 290 g/mol. The molecule has 0 aromatic heterocycles. The first-order valence-electron chi connectivity index (χ1n) is 6.69. The Morgan fingerprint density at radius 2 is 1.74 bits per heavy atom. The lowest BCUT2D eigenvalue weighted by atomic mass is 10.2. The Kier molecular flexibility index (Phi) is 6.22. The van der Waals surface area contributed by atoms with Crippen LogP contribution >= 0.6 is 0 Å². The third-order valence-corrected chi connectivity index (χ3v) is 6.56. The number of hydrogen-bond acceptors (Lipinski definition) is 5. The van der Waals surface area contributed by atoms with Crippen molar-refractivity contribution in [2.45, 2.75) is 45.6 Å². The van der Waals surface area contributed by atoms with Crippen LogP contribution < -0.4 is 0 Å². The zero-order valence-electron chi connectivity index (χ0n) is 11.5. The van der Waals surface area contributed by atoms with Gasteiger partial charge in [-0.2, -0.15) is 12.7 Å². The summed E-state index contributed by atoms with van der Waals surface area (Å²) in [6.45, 7) is 3.97. The van der Waals surface area contributed by atoms with Crippen molar-refractivity contribution in [2.75, 3.05) is 24.7 Å². The average Bonchev–Trinajstić information content (AvgIpc) is 2.75. The number of hydrogen-bond donors (Lipinski definition) is 0. The first-order chi connectivity index (χ1) is 8.82. The molecule has 0 saturated carbocycles. The summed E-state index contributed by atoms with van der Waals surface area (Å²) in [5, 5.41) is 0. The molecule has 0 spiro atoms. The van der Waals surface area contributed by atoms with Crippen molar-refractivity contribution in [2.24, 2.45) is 0 Å². The summed E-state index contributed by atoms with van der Waals surface area (Å²) in [5.74, 6) is 0.0760. The lowest BCUT2D eigenvalue weighted by molar-refractivity contribution is 0.237. The number of rotatable bonds is 8. The van der Waals surface area contributed by atoms with Gasteiger partial charge in [0.2, 0.25) is 10.0 Å². The van der Waals surface area contributed by atoms with Crippen molar-refractivity contribution in [1.82, 2.24) is 4.31 Å². The minimum Gasteiger partial charge on any atom is -0.268 e. The average molecular weight is 313 g/mol. The summed E-state index contributed by atoms with van der Waals surface area (Å²) >= 11 is 0. The summed E-state index contributed by atoms with van der Waals surface area (Å²) < 4.78 is 53.3. The Labute approximate surface area is 116 Å². The second-order valence-electron chi connectivity index (χ2n) is 4.77. The molecule has 1 fully saturated rings. The molecule has 0 radical (unpaired) electrons. The Bertz CT molecular complexity index is 471. The van der Waals surface area contributed by atoms with E-state index in [2.05, 4.69) is 0 Å². The van der Waals surface area contributed by atoms with Crippen LogP contribution in [0, 0.1) is 0 Å². The molecule has 1 saturated heterocycles. The molecule has 114 valence electrons. The molecule has 1 aliphatic rings. The van der Waals surface area contributed by atoms with Crippen LogP contribution in [0.2, 0.25) is 0 Å². The molecule has 0 amide bonds. The van der Waals surface area contributed by atoms with E-state index in [0.717, 1.165) is 6.42 Å². The van der Waals surface area contributed by atoms with Crippen molar-refractivity contribution in [3.05, 3.63) is 0 Å². The fourth-order valence-electron chi connectivity index (χ4n) is 2.21. The molecule has 1 rings (SSSR count). The van der Waals surface area contributed by atoms with E-state index < -0.39 is 20.1 Å². The second-order valence-corrected chi connectivity index (χ2v) is 8.57. The Morgan fingerprint density at radius 3 is 2.32 bits per heavy atom. The predicted molar refractivity (Wildman–Crippen MR) is 73.8 cm³/mol. The topological polar surface area (TPSA) is 80.8 Å². The zero-order valence-corrected chi connectivity index (χ0v) is 13.2. The summed E-state index contributed by atoms with van der Waals surface area (Å²) in [5.41, 5.74) is 0. The molecule has 6 nitrogen and oxygen atoms in total. The van der Waals surface area contributed by atoms with Crippen LogP contribution in [0.3, 0.4) is 0 Å². The van der Waals surface area contributed by atoms with Gasteiger partial charge >= 0.3 is 0 Å². The van der Waals surface area contributed by atoms with Gasteiger partial charge in [0.1, 0.15) is 0 Å². The fourth-order valence-corrected chi connectivity index (χ4v) is 4.97. The minimum absolute atomic E-state index is 0.0264. The van der Waals surface area contributed by atoms with E-state index in [1.54, 1.807) is 6.92 Å². The molecule has 1 aliphatic heterocycles. The van der Waals surface area contributed by atoms with Crippen molar-refractivity contribution >= 4 is 20.1 Å². The van der Waals surface area contributed by atoms with Gasteiger partial charge in [-0.05, 0) is 25.7 Å². The molecule has 1 atom stereocenters. The molecule has 0 N–H and O–H groups in total. The van der Waals surface area contributed by atoms with Crippen LogP contribution in [0.1, 0.15) is 39.5 Å². The predicted octanol–water partition coefficient (Wildman–Crippen LogP) is 0.947. The maximum atomic E-state index is 12.0. The van der Waals surface area contributed by atoms with Crippen molar-refractivity contribution in [3.63, 3.8) is 0 Å². The zero-order chi connectivity index (χ0) is 14.5. The van der Waals surface area contributed by atoms with Gasteiger partial charge in [-0.25, -0.2) is 8.42 Å². The van der Waals surface area contributed by atoms with Gasteiger partial charge in [0.05, 0.1) is 18.1 Å². The second kappa shape index (κ2) is 7.01. The van der Waals surface area contributed by atoms with Crippen LogP contribution in [0.25, 0.3) is 0 Å². The Balaban J connectivity index is 2.63. The van der Waals surface area contributed by atoms with Gasteiger partial charge in [-0.3, -0.25) is 4.18 Å². The third-order valence-electron chi connectivity index (χ3n) is 3.04. The third kappa shape index (κ3) is 5.02.